The number of aliphatic hydroxyl groups is 1. The van der Waals surface area contributed by atoms with Crippen LogP contribution in [-0.4, -0.2) is 25.9 Å². The highest BCUT2D eigenvalue weighted by Crippen LogP contribution is 2.56. The first-order valence-electron chi connectivity index (χ1n) is 5.49. The summed E-state index contributed by atoms with van der Waals surface area (Å²) >= 11 is 0. The third-order valence-corrected chi connectivity index (χ3v) is 3.66. The molecule has 2 rings (SSSR count). The van der Waals surface area contributed by atoms with Crippen molar-refractivity contribution < 1.29 is 14.6 Å². The molecule has 0 spiro atoms. The summed E-state index contributed by atoms with van der Waals surface area (Å²) in [6.07, 6.45) is 1.02. The second kappa shape index (κ2) is 3.98. The zero-order valence-electron chi connectivity index (χ0n) is 9.99. The Morgan fingerprint density at radius 3 is 2.62 bits per heavy atom. The predicted octanol–water partition coefficient (Wildman–Crippen LogP) is 1.97. The van der Waals surface area contributed by atoms with Crippen molar-refractivity contribution in [2.24, 2.45) is 5.92 Å². The van der Waals surface area contributed by atoms with Crippen LogP contribution in [0.1, 0.15) is 18.9 Å². The Bertz CT molecular complexity index is 389. The summed E-state index contributed by atoms with van der Waals surface area (Å²) in [5.41, 5.74) is 1.22. The standard InChI is InChI=1S/C13H18O3/c1-13(7-9(13)8-14)11-5-4-10(15-2)6-12(11)16-3/h4-6,9,14H,7-8H2,1-3H3. The monoisotopic (exact) mass is 222 g/mol. The SMILES string of the molecule is COc1ccc(C2(C)CC2CO)c(OC)c1. The first-order chi connectivity index (χ1) is 7.65. The first kappa shape index (κ1) is 11.3. The van der Waals surface area contributed by atoms with E-state index in [0.29, 0.717) is 5.92 Å². The van der Waals surface area contributed by atoms with Crippen molar-refractivity contribution in [3.63, 3.8) is 0 Å². The minimum Gasteiger partial charge on any atom is -0.497 e. The zero-order chi connectivity index (χ0) is 11.8. The summed E-state index contributed by atoms with van der Waals surface area (Å²) in [5.74, 6) is 2.00. The summed E-state index contributed by atoms with van der Waals surface area (Å²) in [6, 6.07) is 5.87. The molecule has 0 heterocycles. The average Bonchev–Trinajstić information content (AvgIpc) is 3.00. The van der Waals surface area contributed by atoms with Gasteiger partial charge in [0.2, 0.25) is 0 Å². The van der Waals surface area contributed by atoms with Gasteiger partial charge in [-0.1, -0.05) is 13.0 Å². The molecular weight excluding hydrogens is 204 g/mol. The fourth-order valence-electron chi connectivity index (χ4n) is 2.32. The highest BCUT2D eigenvalue weighted by atomic mass is 16.5. The highest BCUT2D eigenvalue weighted by Gasteiger charge is 2.52. The van der Waals surface area contributed by atoms with Crippen molar-refractivity contribution in [1.82, 2.24) is 0 Å². The van der Waals surface area contributed by atoms with Gasteiger partial charge in [0, 0.05) is 23.7 Å². The van der Waals surface area contributed by atoms with E-state index < -0.39 is 0 Å². The Hall–Kier alpha value is -1.22. The maximum atomic E-state index is 9.20. The van der Waals surface area contributed by atoms with Gasteiger partial charge in [0.25, 0.3) is 0 Å². The lowest BCUT2D eigenvalue weighted by Crippen LogP contribution is -2.08. The van der Waals surface area contributed by atoms with Crippen molar-refractivity contribution in [1.29, 1.82) is 0 Å². The number of hydrogen-bond donors (Lipinski definition) is 1. The molecule has 16 heavy (non-hydrogen) atoms. The van der Waals surface area contributed by atoms with Gasteiger partial charge in [-0.3, -0.25) is 0 Å². The largest absolute Gasteiger partial charge is 0.497 e. The van der Waals surface area contributed by atoms with Crippen LogP contribution in [0.25, 0.3) is 0 Å². The number of rotatable bonds is 4. The van der Waals surface area contributed by atoms with Crippen LogP contribution in [0, 0.1) is 5.92 Å². The van der Waals surface area contributed by atoms with Gasteiger partial charge in [0.15, 0.2) is 0 Å². The summed E-state index contributed by atoms with van der Waals surface area (Å²) in [4.78, 5) is 0. The summed E-state index contributed by atoms with van der Waals surface area (Å²) < 4.78 is 10.6. The molecule has 3 heteroatoms. The van der Waals surface area contributed by atoms with Crippen molar-refractivity contribution >= 4 is 0 Å². The second-order valence-corrected chi connectivity index (χ2v) is 4.57. The van der Waals surface area contributed by atoms with Crippen LogP contribution in [0.15, 0.2) is 18.2 Å². The van der Waals surface area contributed by atoms with E-state index in [9.17, 15) is 5.11 Å². The van der Waals surface area contributed by atoms with Crippen LogP contribution in [0.3, 0.4) is 0 Å². The molecule has 1 aromatic rings. The van der Waals surface area contributed by atoms with Crippen LogP contribution in [-0.2, 0) is 5.41 Å². The van der Waals surface area contributed by atoms with E-state index in [1.165, 1.54) is 0 Å². The Balaban J connectivity index is 2.35. The molecule has 0 saturated heterocycles. The summed E-state index contributed by atoms with van der Waals surface area (Å²) in [6.45, 7) is 2.41. The van der Waals surface area contributed by atoms with Crippen molar-refractivity contribution in [3.05, 3.63) is 23.8 Å². The number of benzene rings is 1. The molecule has 2 unspecified atom stereocenters. The molecule has 1 saturated carbocycles. The van der Waals surface area contributed by atoms with E-state index in [2.05, 4.69) is 6.92 Å². The maximum absolute atomic E-state index is 9.20. The molecule has 0 amide bonds. The number of methoxy groups -OCH3 is 2. The molecule has 1 aliphatic rings. The zero-order valence-corrected chi connectivity index (χ0v) is 9.99. The summed E-state index contributed by atoms with van der Waals surface area (Å²) in [5, 5.41) is 9.20. The lowest BCUT2D eigenvalue weighted by atomic mass is 9.94. The molecule has 3 nitrogen and oxygen atoms in total. The molecule has 0 radical (unpaired) electrons. The fourth-order valence-corrected chi connectivity index (χ4v) is 2.32. The normalized spacial score (nSPS) is 27.6. The molecule has 88 valence electrons. The van der Waals surface area contributed by atoms with Crippen LogP contribution in [0.5, 0.6) is 11.5 Å². The van der Waals surface area contributed by atoms with Gasteiger partial charge >= 0.3 is 0 Å². The molecule has 0 aliphatic heterocycles. The Labute approximate surface area is 96.0 Å². The van der Waals surface area contributed by atoms with Crippen molar-refractivity contribution in [3.8, 4) is 11.5 Å². The minimum absolute atomic E-state index is 0.0619. The molecule has 1 N–H and O–H groups in total. The van der Waals surface area contributed by atoms with E-state index in [1.54, 1.807) is 14.2 Å². The van der Waals surface area contributed by atoms with Gasteiger partial charge in [0.1, 0.15) is 11.5 Å². The Kier molecular flexibility index (Phi) is 2.80. The third kappa shape index (κ3) is 1.65. The molecule has 1 fully saturated rings. The minimum atomic E-state index is 0.0619. The predicted molar refractivity (Wildman–Crippen MR) is 62.1 cm³/mol. The average molecular weight is 222 g/mol. The number of hydrogen-bond acceptors (Lipinski definition) is 3. The van der Waals surface area contributed by atoms with Crippen LogP contribution in [0.2, 0.25) is 0 Å². The third-order valence-electron chi connectivity index (χ3n) is 3.66. The summed E-state index contributed by atoms with van der Waals surface area (Å²) in [7, 11) is 3.31. The molecule has 0 aromatic heterocycles. The van der Waals surface area contributed by atoms with Gasteiger partial charge < -0.3 is 14.6 Å². The lowest BCUT2D eigenvalue weighted by Gasteiger charge is -2.16. The second-order valence-electron chi connectivity index (χ2n) is 4.57. The van der Waals surface area contributed by atoms with Crippen molar-refractivity contribution in [2.75, 3.05) is 20.8 Å². The fraction of sp³-hybridized carbons (Fsp3) is 0.538. The number of aliphatic hydroxyl groups excluding tert-OH is 1. The van der Waals surface area contributed by atoms with Crippen molar-refractivity contribution in [2.45, 2.75) is 18.8 Å². The molecule has 1 aliphatic carbocycles. The van der Waals surface area contributed by atoms with E-state index in [4.69, 9.17) is 9.47 Å². The first-order valence-corrected chi connectivity index (χ1v) is 5.49. The van der Waals surface area contributed by atoms with Crippen LogP contribution in [0.4, 0.5) is 0 Å². The lowest BCUT2D eigenvalue weighted by molar-refractivity contribution is 0.264. The molecule has 0 bridgehead atoms. The quantitative estimate of drug-likeness (QED) is 0.846. The highest BCUT2D eigenvalue weighted by molar-refractivity contribution is 5.48. The van der Waals surface area contributed by atoms with E-state index in [-0.39, 0.29) is 12.0 Å². The number of ether oxygens (including phenoxy) is 2. The van der Waals surface area contributed by atoms with Gasteiger partial charge in [-0.2, -0.15) is 0 Å². The van der Waals surface area contributed by atoms with E-state index in [1.807, 2.05) is 18.2 Å². The topological polar surface area (TPSA) is 38.7 Å². The smallest absolute Gasteiger partial charge is 0.126 e. The van der Waals surface area contributed by atoms with Crippen LogP contribution < -0.4 is 9.47 Å². The van der Waals surface area contributed by atoms with Gasteiger partial charge in [-0.25, -0.2) is 0 Å². The van der Waals surface area contributed by atoms with E-state index in [0.717, 1.165) is 23.5 Å². The Morgan fingerprint density at radius 2 is 2.12 bits per heavy atom. The molecule has 1 aromatic carbocycles. The maximum Gasteiger partial charge on any atom is 0.126 e. The van der Waals surface area contributed by atoms with Gasteiger partial charge in [0.05, 0.1) is 14.2 Å². The van der Waals surface area contributed by atoms with Gasteiger partial charge in [-0.15, -0.1) is 0 Å². The van der Waals surface area contributed by atoms with Gasteiger partial charge in [-0.05, 0) is 18.4 Å². The molecule has 2 atom stereocenters. The van der Waals surface area contributed by atoms with Crippen LogP contribution >= 0.6 is 0 Å². The molecular formula is C13H18O3. The Morgan fingerprint density at radius 1 is 1.38 bits per heavy atom. The van der Waals surface area contributed by atoms with E-state index >= 15 is 0 Å².